The van der Waals surface area contributed by atoms with Crippen LogP contribution in [0.5, 0.6) is 0 Å². The predicted octanol–water partition coefficient (Wildman–Crippen LogP) is 1.86. The van der Waals surface area contributed by atoms with Crippen molar-refractivity contribution < 1.29 is 4.79 Å². The molecule has 20 heavy (non-hydrogen) atoms. The first kappa shape index (κ1) is 17.4. The summed E-state index contributed by atoms with van der Waals surface area (Å²) in [5, 5.41) is 6.17. The second-order valence-electron chi connectivity index (χ2n) is 7.15. The lowest BCUT2D eigenvalue weighted by Gasteiger charge is -2.45. The number of rotatable bonds is 7. The highest BCUT2D eigenvalue weighted by atomic mass is 16.1. The Morgan fingerprint density at radius 3 is 2.40 bits per heavy atom. The number of nitrogens with zero attached hydrogens (tertiary/aromatic N) is 1. The van der Waals surface area contributed by atoms with Gasteiger partial charge in [0.2, 0.25) is 5.91 Å². The molecule has 0 aromatic heterocycles. The lowest BCUT2D eigenvalue weighted by molar-refractivity contribution is -0.121. The average molecular weight is 283 g/mol. The maximum atomic E-state index is 11.8. The van der Waals surface area contributed by atoms with Gasteiger partial charge in [-0.25, -0.2) is 0 Å². The first-order chi connectivity index (χ1) is 9.35. The zero-order chi connectivity index (χ0) is 15.2. The van der Waals surface area contributed by atoms with E-state index in [9.17, 15) is 4.79 Å². The van der Waals surface area contributed by atoms with Gasteiger partial charge in [-0.1, -0.05) is 13.8 Å². The molecule has 118 valence electrons. The minimum atomic E-state index is 0.0433. The van der Waals surface area contributed by atoms with E-state index in [0.29, 0.717) is 6.42 Å². The molecule has 1 aliphatic rings. The Balaban J connectivity index is 2.38. The molecule has 4 nitrogen and oxygen atoms in total. The average Bonchev–Trinajstić information content (AvgIpc) is 2.36. The van der Waals surface area contributed by atoms with Crippen LogP contribution in [0, 0.1) is 11.8 Å². The van der Waals surface area contributed by atoms with E-state index >= 15 is 0 Å². The van der Waals surface area contributed by atoms with E-state index in [4.69, 9.17) is 0 Å². The van der Waals surface area contributed by atoms with Gasteiger partial charge in [-0.3, -0.25) is 9.69 Å². The van der Waals surface area contributed by atoms with Crippen LogP contribution < -0.4 is 10.6 Å². The van der Waals surface area contributed by atoms with E-state index in [0.717, 1.165) is 44.4 Å². The first-order valence-electron chi connectivity index (χ1n) is 8.01. The van der Waals surface area contributed by atoms with Crippen molar-refractivity contribution in [3.8, 4) is 0 Å². The predicted molar refractivity (Wildman–Crippen MR) is 84.8 cm³/mol. The molecule has 1 saturated heterocycles. The van der Waals surface area contributed by atoms with Crippen LogP contribution >= 0.6 is 0 Å². The Morgan fingerprint density at radius 1 is 1.25 bits per heavy atom. The molecule has 0 aliphatic carbocycles. The summed E-state index contributed by atoms with van der Waals surface area (Å²) in [7, 11) is 1.92. The van der Waals surface area contributed by atoms with Gasteiger partial charge >= 0.3 is 0 Å². The van der Waals surface area contributed by atoms with Crippen LogP contribution in [0.1, 0.15) is 47.0 Å². The summed E-state index contributed by atoms with van der Waals surface area (Å²) in [6, 6.07) is 0. The Labute approximate surface area is 124 Å². The van der Waals surface area contributed by atoms with E-state index in [-0.39, 0.29) is 11.4 Å². The van der Waals surface area contributed by atoms with Crippen LogP contribution in [0.2, 0.25) is 0 Å². The fourth-order valence-corrected chi connectivity index (χ4v) is 3.10. The van der Waals surface area contributed by atoms with E-state index in [2.05, 4.69) is 43.2 Å². The molecule has 4 heteroatoms. The summed E-state index contributed by atoms with van der Waals surface area (Å²) in [5.41, 5.74) is 0.0433. The molecule has 0 aromatic rings. The lowest BCUT2D eigenvalue weighted by Crippen LogP contribution is -2.56. The molecule has 1 aliphatic heterocycles. The fourth-order valence-electron chi connectivity index (χ4n) is 3.10. The third kappa shape index (κ3) is 5.80. The van der Waals surface area contributed by atoms with Gasteiger partial charge in [0.1, 0.15) is 0 Å². The van der Waals surface area contributed by atoms with Crippen molar-refractivity contribution in [2.45, 2.75) is 52.5 Å². The number of nitrogens with one attached hydrogen (secondary N) is 2. The molecule has 1 heterocycles. The molecule has 0 saturated carbocycles. The maximum Gasteiger partial charge on any atom is 0.220 e. The molecule has 2 N–H and O–H groups in total. The van der Waals surface area contributed by atoms with Crippen LogP contribution in [0.15, 0.2) is 0 Å². The van der Waals surface area contributed by atoms with Gasteiger partial charge in [-0.15, -0.1) is 0 Å². The van der Waals surface area contributed by atoms with Crippen LogP contribution in [0.3, 0.4) is 0 Å². The van der Waals surface area contributed by atoms with Gasteiger partial charge in [0, 0.05) is 31.6 Å². The van der Waals surface area contributed by atoms with Gasteiger partial charge in [0.25, 0.3) is 0 Å². The molecule has 0 bridgehead atoms. The molecular weight excluding hydrogens is 250 g/mol. The SMILES string of the molecule is CNCCCC(=O)NCC(C)(C)N1CC(C)CC(C)C1. The van der Waals surface area contributed by atoms with Crippen molar-refractivity contribution in [1.82, 2.24) is 15.5 Å². The van der Waals surface area contributed by atoms with Crippen LogP contribution in [-0.2, 0) is 4.79 Å². The summed E-state index contributed by atoms with van der Waals surface area (Å²) >= 11 is 0. The number of likely N-dealkylation sites (tertiary alicyclic amines) is 1. The quantitative estimate of drug-likeness (QED) is 0.701. The molecule has 2 unspecified atom stereocenters. The van der Waals surface area contributed by atoms with Crippen LogP contribution in [0.25, 0.3) is 0 Å². The number of carbonyl (C=O) groups excluding carboxylic acids is 1. The van der Waals surface area contributed by atoms with E-state index in [1.54, 1.807) is 0 Å². The lowest BCUT2D eigenvalue weighted by atomic mass is 9.88. The zero-order valence-corrected chi connectivity index (χ0v) is 14.0. The minimum Gasteiger partial charge on any atom is -0.354 e. The summed E-state index contributed by atoms with van der Waals surface area (Å²) in [5.74, 6) is 1.68. The largest absolute Gasteiger partial charge is 0.354 e. The summed E-state index contributed by atoms with van der Waals surface area (Å²) in [4.78, 5) is 14.4. The molecule has 0 spiro atoms. The summed E-state index contributed by atoms with van der Waals surface area (Å²) in [6.07, 6.45) is 2.84. The van der Waals surface area contributed by atoms with Gasteiger partial charge in [0.05, 0.1) is 0 Å². The van der Waals surface area contributed by atoms with E-state index in [1.807, 2.05) is 7.05 Å². The summed E-state index contributed by atoms with van der Waals surface area (Å²) in [6.45, 7) is 13.1. The van der Waals surface area contributed by atoms with Crippen molar-refractivity contribution in [3.63, 3.8) is 0 Å². The monoisotopic (exact) mass is 283 g/mol. The molecule has 0 radical (unpaired) electrons. The van der Waals surface area contributed by atoms with Crippen molar-refractivity contribution in [3.05, 3.63) is 0 Å². The topological polar surface area (TPSA) is 44.4 Å². The molecule has 1 fully saturated rings. The Hall–Kier alpha value is -0.610. The van der Waals surface area contributed by atoms with Crippen LogP contribution in [-0.4, -0.2) is 49.6 Å². The Kier molecular flexibility index (Phi) is 6.96. The minimum absolute atomic E-state index is 0.0433. The van der Waals surface area contributed by atoms with Gasteiger partial charge in [-0.2, -0.15) is 0 Å². The highest BCUT2D eigenvalue weighted by molar-refractivity contribution is 5.75. The number of carbonyl (C=O) groups is 1. The smallest absolute Gasteiger partial charge is 0.220 e. The maximum absolute atomic E-state index is 11.8. The van der Waals surface area contributed by atoms with Gasteiger partial charge < -0.3 is 10.6 Å². The van der Waals surface area contributed by atoms with E-state index in [1.165, 1.54) is 6.42 Å². The number of hydrogen-bond acceptors (Lipinski definition) is 3. The highest BCUT2D eigenvalue weighted by Crippen LogP contribution is 2.26. The molecular formula is C16H33N3O. The van der Waals surface area contributed by atoms with Crippen LogP contribution in [0.4, 0.5) is 0 Å². The van der Waals surface area contributed by atoms with Crippen molar-refractivity contribution in [2.75, 3.05) is 33.2 Å². The molecule has 0 aromatic carbocycles. The second-order valence-corrected chi connectivity index (χ2v) is 7.15. The molecule has 1 amide bonds. The second kappa shape index (κ2) is 7.99. The third-order valence-electron chi connectivity index (χ3n) is 4.27. The normalized spacial score (nSPS) is 24.6. The number of hydrogen-bond donors (Lipinski definition) is 2. The first-order valence-corrected chi connectivity index (χ1v) is 8.01. The van der Waals surface area contributed by atoms with Gasteiger partial charge in [0.15, 0.2) is 0 Å². The van der Waals surface area contributed by atoms with Crippen molar-refractivity contribution >= 4 is 5.91 Å². The highest BCUT2D eigenvalue weighted by Gasteiger charge is 2.32. The summed E-state index contributed by atoms with van der Waals surface area (Å²) < 4.78 is 0. The molecule has 2 atom stereocenters. The number of piperidine rings is 1. The third-order valence-corrected chi connectivity index (χ3v) is 4.27. The number of amides is 1. The van der Waals surface area contributed by atoms with Crippen molar-refractivity contribution in [2.24, 2.45) is 11.8 Å². The fraction of sp³-hybridized carbons (Fsp3) is 0.938. The van der Waals surface area contributed by atoms with Crippen molar-refractivity contribution in [1.29, 1.82) is 0 Å². The molecule has 1 rings (SSSR count). The Morgan fingerprint density at radius 2 is 1.85 bits per heavy atom. The van der Waals surface area contributed by atoms with Gasteiger partial charge in [-0.05, 0) is 52.1 Å². The van der Waals surface area contributed by atoms with E-state index < -0.39 is 0 Å². The standard InChI is InChI=1S/C16H33N3O/c1-13-9-14(2)11-19(10-13)16(3,4)12-18-15(20)7-6-8-17-5/h13-14,17H,6-12H2,1-5H3,(H,18,20). The Bertz CT molecular complexity index is 294. The zero-order valence-electron chi connectivity index (χ0n) is 14.0.